The van der Waals surface area contributed by atoms with Crippen LogP contribution >= 0.6 is 7.26 Å². The summed E-state index contributed by atoms with van der Waals surface area (Å²) >= 11 is 0. The molecule has 4 aromatic carbocycles. The summed E-state index contributed by atoms with van der Waals surface area (Å²) in [6.07, 6.45) is 0.481. The summed E-state index contributed by atoms with van der Waals surface area (Å²) in [6.45, 7) is 0. The number of carbonyl (C=O) groups is 1. The molecule has 4 rings (SSSR count). The molecule has 0 aliphatic rings. The second-order valence-electron chi connectivity index (χ2n) is 6.76. The number of hydrogen-bond donors (Lipinski definition) is 0. The lowest BCUT2D eigenvalue weighted by molar-refractivity contribution is 0.102. The van der Waals surface area contributed by atoms with Crippen molar-refractivity contribution in [3.63, 3.8) is 0 Å². The van der Waals surface area contributed by atoms with Gasteiger partial charge in [-0.25, -0.2) is 0 Å². The van der Waals surface area contributed by atoms with E-state index in [2.05, 4.69) is 72.8 Å². The standard InChI is InChI=1S/C26H22OP.H2O/c27-26(22-13-5-1-6-14-22)21-28(23-15-7-2-8-16-23,24-17-9-3-10-18-24)25-19-11-4-12-20-25;/h1-20H,21H2;1H2/q+1;/p-1. The van der Waals surface area contributed by atoms with Gasteiger partial charge in [0.05, 0.1) is 0 Å². The zero-order chi connectivity index (χ0) is 19.2. The molecular formula is C26H23O2P. The minimum Gasteiger partial charge on any atom is -0.870 e. The van der Waals surface area contributed by atoms with Crippen molar-refractivity contribution >= 4 is 29.0 Å². The molecule has 0 aromatic heterocycles. The van der Waals surface area contributed by atoms with Gasteiger partial charge >= 0.3 is 0 Å². The van der Waals surface area contributed by atoms with Gasteiger partial charge in [-0.3, -0.25) is 4.79 Å². The molecular weight excluding hydrogens is 375 g/mol. The van der Waals surface area contributed by atoms with E-state index in [1.807, 2.05) is 48.5 Å². The molecule has 3 heteroatoms. The maximum absolute atomic E-state index is 13.4. The molecule has 0 unspecified atom stereocenters. The highest BCUT2D eigenvalue weighted by Crippen LogP contribution is 2.55. The number of benzene rings is 4. The molecule has 0 aliphatic carbocycles. The molecule has 144 valence electrons. The minimum absolute atomic E-state index is 0. The second kappa shape index (κ2) is 9.43. The van der Waals surface area contributed by atoms with Crippen molar-refractivity contribution in [3.05, 3.63) is 127 Å². The van der Waals surface area contributed by atoms with E-state index in [0.717, 1.165) is 5.56 Å². The zero-order valence-electron chi connectivity index (χ0n) is 16.1. The Kier molecular flexibility index (Phi) is 6.72. The van der Waals surface area contributed by atoms with E-state index < -0.39 is 7.26 Å². The van der Waals surface area contributed by atoms with Crippen LogP contribution in [0.3, 0.4) is 0 Å². The molecule has 2 nitrogen and oxygen atoms in total. The van der Waals surface area contributed by atoms with Gasteiger partial charge in [0.25, 0.3) is 0 Å². The highest BCUT2D eigenvalue weighted by molar-refractivity contribution is 7.96. The molecule has 0 saturated heterocycles. The van der Waals surface area contributed by atoms with E-state index in [1.165, 1.54) is 15.9 Å². The SMILES string of the molecule is O=C(C[P+](c1ccccc1)(c1ccccc1)c1ccccc1)c1ccccc1.[OH-]. The number of carbonyl (C=O) groups excluding carboxylic acids is 1. The summed E-state index contributed by atoms with van der Waals surface area (Å²) in [4.78, 5) is 13.4. The van der Waals surface area contributed by atoms with Crippen LogP contribution in [0.1, 0.15) is 10.4 Å². The molecule has 0 atom stereocenters. The topological polar surface area (TPSA) is 47.1 Å². The van der Waals surface area contributed by atoms with E-state index in [4.69, 9.17) is 0 Å². The highest BCUT2D eigenvalue weighted by Gasteiger charge is 2.47. The van der Waals surface area contributed by atoms with Crippen LogP contribution in [0, 0.1) is 0 Å². The molecule has 1 N–H and O–H groups in total. The van der Waals surface area contributed by atoms with E-state index in [0.29, 0.717) is 6.16 Å². The Balaban J connectivity index is 0.00000240. The number of Topliss-reactive ketones (excluding diaryl/α,β-unsaturated/α-hetero) is 1. The minimum atomic E-state index is -2.12. The summed E-state index contributed by atoms with van der Waals surface area (Å²) in [6, 6.07) is 41.2. The maximum atomic E-state index is 13.4. The second-order valence-corrected chi connectivity index (χ2v) is 10.2. The predicted molar refractivity (Wildman–Crippen MR) is 123 cm³/mol. The number of ketones is 1. The Morgan fingerprint density at radius 3 is 1.17 bits per heavy atom. The van der Waals surface area contributed by atoms with Gasteiger partial charge in [0.15, 0.2) is 0 Å². The van der Waals surface area contributed by atoms with Gasteiger partial charge in [-0.1, -0.05) is 84.9 Å². The van der Waals surface area contributed by atoms with Crippen molar-refractivity contribution in [2.45, 2.75) is 0 Å². The zero-order valence-corrected chi connectivity index (χ0v) is 17.0. The lowest BCUT2D eigenvalue weighted by Gasteiger charge is -2.27. The third-order valence-corrected chi connectivity index (χ3v) is 9.37. The average molecular weight is 398 g/mol. The molecule has 0 aliphatic heterocycles. The predicted octanol–water partition coefficient (Wildman–Crippen LogP) is 4.69. The third-order valence-electron chi connectivity index (χ3n) is 5.07. The Labute approximate surface area is 172 Å². The van der Waals surface area contributed by atoms with Crippen LogP contribution in [0.2, 0.25) is 0 Å². The molecule has 4 aromatic rings. The number of rotatable bonds is 6. The first-order chi connectivity index (χ1) is 13.8. The van der Waals surface area contributed by atoms with Gasteiger partial charge in [-0.05, 0) is 36.4 Å². The molecule has 0 heterocycles. The van der Waals surface area contributed by atoms with Crippen molar-refractivity contribution in [1.82, 2.24) is 0 Å². The Morgan fingerprint density at radius 2 is 0.828 bits per heavy atom. The lowest BCUT2D eigenvalue weighted by atomic mass is 10.2. The van der Waals surface area contributed by atoms with E-state index in [9.17, 15) is 4.79 Å². The summed E-state index contributed by atoms with van der Waals surface area (Å²) in [5.41, 5.74) is 0.773. The molecule has 0 bridgehead atoms. The van der Waals surface area contributed by atoms with Crippen LogP contribution in [0.15, 0.2) is 121 Å². The van der Waals surface area contributed by atoms with Gasteiger partial charge in [0.2, 0.25) is 5.78 Å². The van der Waals surface area contributed by atoms with Gasteiger partial charge in [0, 0.05) is 5.56 Å². The lowest BCUT2D eigenvalue weighted by Crippen LogP contribution is -2.35. The van der Waals surface area contributed by atoms with Gasteiger partial charge < -0.3 is 5.48 Å². The normalized spacial score (nSPS) is 10.8. The molecule has 0 radical (unpaired) electrons. The summed E-state index contributed by atoms with van der Waals surface area (Å²) < 4.78 is 0. The van der Waals surface area contributed by atoms with Crippen LogP contribution < -0.4 is 15.9 Å². The Hall–Kier alpha value is -3.06. The van der Waals surface area contributed by atoms with Crippen molar-refractivity contribution in [1.29, 1.82) is 0 Å². The first-order valence-corrected chi connectivity index (χ1v) is 11.4. The van der Waals surface area contributed by atoms with E-state index >= 15 is 0 Å². The average Bonchev–Trinajstić information content (AvgIpc) is 2.80. The molecule has 0 amide bonds. The van der Waals surface area contributed by atoms with Crippen LogP contribution in [0.4, 0.5) is 0 Å². The molecule has 0 saturated carbocycles. The smallest absolute Gasteiger partial charge is 0.201 e. The van der Waals surface area contributed by atoms with Gasteiger partial charge in [-0.2, -0.15) is 0 Å². The number of hydrogen-bond acceptors (Lipinski definition) is 2. The van der Waals surface area contributed by atoms with E-state index in [1.54, 1.807) is 0 Å². The van der Waals surface area contributed by atoms with Gasteiger partial charge in [-0.15, -0.1) is 0 Å². The van der Waals surface area contributed by atoms with Crippen molar-refractivity contribution in [3.8, 4) is 0 Å². The van der Waals surface area contributed by atoms with Crippen LogP contribution in [0.5, 0.6) is 0 Å². The third kappa shape index (κ3) is 4.19. The van der Waals surface area contributed by atoms with Crippen LogP contribution in [-0.2, 0) is 0 Å². The monoisotopic (exact) mass is 398 g/mol. The summed E-state index contributed by atoms with van der Waals surface area (Å²) in [5, 5.41) is 3.70. The summed E-state index contributed by atoms with van der Waals surface area (Å²) in [7, 11) is -2.12. The van der Waals surface area contributed by atoms with Crippen LogP contribution in [0.25, 0.3) is 0 Å². The fraction of sp³-hybridized carbons (Fsp3) is 0.0385. The van der Waals surface area contributed by atoms with Crippen molar-refractivity contribution in [2.24, 2.45) is 0 Å². The van der Waals surface area contributed by atoms with Crippen molar-refractivity contribution in [2.75, 3.05) is 6.16 Å². The summed E-state index contributed by atoms with van der Waals surface area (Å²) in [5.74, 6) is 0.186. The van der Waals surface area contributed by atoms with Crippen LogP contribution in [-0.4, -0.2) is 17.4 Å². The molecule has 0 fully saturated rings. The Bertz CT molecular complexity index is 936. The quantitative estimate of drug-likeness (QED) is 0.350. The first-order valence-electron chi connectivity index (χ1n) is 9.44. The molecule has 0 spiro atoms. The van der Waals surface area contributed by atoms with Gasteiger partial charge in [0.1, 0.15) is 29.3 Å². The fourth-order valence-electron chi connectivity index (χ4n) is 3.70. The fourth-order valence-corrected chi connectivity index (χ4v) is 7.80. The Morgan fingerprint density at radius 1 is 0.517 bits per heavy atom. The molecule has 29 heavy (non-hydrogen) atoms. The van der Waals surface area contributed by atoms with E-state index in [-0.39, 0.29) is 11.3 Å². The largest absolute Gasteiger partial charge is 0.870 e. The van der Waals surface area contributed by atoms with Crippen molar-refractivity contribution < 1.29 is 10.3 Å². The maximum Gasteiger partial charge on any atom is 0.201 e. The first kappa shape index (κ1) is 20.7. The highest BCUT2D eigenvalue weighted by atomic mass is 31.2.